The fraction of sp³-hybridized carbons (Fsp3) is 0.372. The molecule has 6 heteroatoms. The van der Waals surface area contributed by atoms with Crippen molar-refractivity contribution in [3.05, 3.63) is 109 Å². The van der Waals surface area contributed by atoms with Crippen LogP contribution in [0.25, 0.3) is 44.6 Å². The Labute approximate surface area is 307 Å². The molecule has 2 aromatic carbocycles. The van der Waals surface area contributed by atoms with E-state index in [2.05, 4.69) is 99.9 Å². The quantitative estimate of drug-likeness (QED) is 0.124. The normalized spacial score (nSPS) is 14.6. The molecule has 0 N–H and O–H groups in total. The van der Waals surface area contributed by atoms with Gasteiger partial charge >= 0.3 is 0 Å². The standard InChI is InChI=1S/C24H23N2O.C19H26NSi.Ir/c1-16(17-7-3-2-4-8-17)18-12-14-25-22(15-18)21-10-5-9-19-20-11-6-13-26-24(20)27-23(19)21;1-19(2,3)13-16-12-17(15-10-8-7-9-11-15)20-14-18(16)21(4,5)6;/h5-6,9,11-17H,2-4,7-8H2,1H3;7-10,12,14H,13H2,1-6H3;/q2*-1;. The van der Waals surface area contributed by atoms with Gasteiger partial charge in [0, 0.05) is 44.1 Å². The molecule has 1 saturated carbocycles. The zero-order chi connectivity index (χ0) is 33.9. The summed E-state index contributed by atoms with van der Waals surface area (Å²) >= 11 is 0. The Hall–Kier alpha value is -3.44. The van der Waals surface area contributed by atoms with Crippen LogP contribution in [0, 0.1) is 23.5 Å². The van der Waals surface area contributed by atoms with Gasteiger partial charge in [-0.2, -0.15) is 0 Å². The van der Waals surface area contributed by atoms with Crippen molar-refractivity contribution < 1.29 is 24.5 Å². The Morgan fingerprint density at radius 3 is 2.35 bits per heavy atom. The van der Waals surface area contributed by atoms with Gasteiger partial charge in [0.05, 0.1) is 13.7 Å². The van der Waals surface area contributed by atoms with Gasteiger partial charge in [-0.3, -0.25) is 0 Å². The molecule has 0 bridgehead atoms. The number of pyridine rings is 3. The van der Waals surface area contributed by atoms with E-state index < -0.39 is 8.07 Å². The summed E-state index contributed by atoms with van der Waals surface area (Å²) in [6, 6.07) is 29.4. The first-order chi connectivity index (χ1) is 23.0. The third kappa shape index (κ3) is 8.84. The van der Waals surface area contributed by atoms with Gasteiger partial charge in [-0.05, 0) is 71.3 Å². The summed E-state index contributed by atoms with van der Waals surface area (Å²) in [6.45, 7) is 16.4. The number of nitrogens with zero attached hydrogens (tertiary/aromatic N) is 3. The number of benzene rings is 2. The smallest absolute Gasteiger partial charge is 0.216 e. The Bertz CT molecular complexity index is 1980. The number of aromatic nitrogens is 3. The van der Waals surface area contributed by atoms with Crippen LogP contribution in [0.15, 0.2) is 89.7 Å². The minimum Gasteiger partial charge on any atom is -0.486 e. The number of rotatable bonds is 6. The van der Waals surface area contributed by atoms with E-state index in [1.165, 1.54) is 48.4 Å². The van der Waals surface area contributed by atoms with Crippen molar-refractivity contribution in [2.24, 2.45) is 11.3 Å². The molecule has 1 aliphatic carbocycles. The summed E-state index contributed by atoms with van der Waals surface area (Å²) in [7, 11) is -1.37. The molecule has 4 nitrogen and oxygen atoms in total. The Morgan fingerprint density at radius 1 is 0.837 bits per heavy atom. The fourth-order valence-electron chi connectivity index (χ4n) is 7.13. The molecule has 1 aliphatic rings. The van der Waals surface area contributed by atoms with E-state index in [1.54, 1.807) is 6.20 Å². The van der Waals surface area contributed by atoms with Crippen LogP contribution in [0.5, 0.6) is 0 Å². The molecule has 0 saturated heterocycles. The molecule has 4 heterocycles. The summed E-state index contributed by atoms with van der Waals surface area (Å²) in [5.41, 5.74) is 8.57. The largest absolute Gasteiger partial charge is 0.486 e. The average Bonchev–Trinajstić information content (AvgIpc) is 3.47. The molecule has 0 aliphatic heterocycles. The molecule has 1 unspecified atom stereocenters. The van der Waals surface area contributed by atoms with Gasteiger partial charge in [0.1, 0.15) is 0 Å². The van der Waals surface area contributed by atoms with Crippen LogP contribution in [-0.4, -0.2) is 23.0 Å². The van der Waals surface area contributed by atoms with Crippen LogP contribution in [0.3, 0.4) is 0 Å². The predicted octanol–water partition coefficient (Wildman–Crippen LogP) is 11.2. The zero-order valence-electron chi connectivity index (χ0n) is 30.1. The fourth-order valence-corrected chi connectivity index (χ4v) is 8.71. The molecule has 0 spiro atoms. The predicted molar refractivity (Wildman–Crippen MR) is 203 cm³/mol. The van der Waals surface area contributed by atoms with Crippen LogP contribution < -0.4 is 5.19 Å². The SMILES string of the molecule is CC(C)(C)Cc1cc(-c2[c-]cccc2)ncc1[Si](C)(C)C.CC(c1ccnc(-c2[c-]ccc3c2oc2ncccc23)c1)C1CCCCC1.[Ir]. The van der Waals surface area contributed by atoms with Crippen molar-refractivity contribution in [2.75, 3.05) is 0 Å². The average molecular weight is 844 g/mol. The Kier molecular flexibility index (Phi) is 11.7. The van der Waals surface area contributed by atoms with Crippen molar-refractivity contribution in [2.45, 2.75) is 91.8 Å². The third-order valence-corrected chi connectivity index (χ3v) is 11.7. The van der Waals surface area contributed by atoms with Crippen molar-refractivity contribution in [1.29, 1.82) is 0 Å². The molecule has 7 rings (SSSR count). The third-order valence-electron chi connectivity index (χ3n) is 9.64. The second-order valence-corrected chi connectivity index (χ2v) is 20.7. The van der Waals surface area contributed by atoms with Crippen molar-refractivity contribution in [1.82, 2.24) is 15.0 Å². The molecule has 257 valence electrons. The molecule has 6 aromatic rings. The van der Waals surface area contributed by atoms with E-state index in [1.807, 2.05) is 48.7 Å². The summed E-state index contributed by atoms with van der Waals surface area (Å²) < 4.78 is 6.07. The van der Waals surface area contributed by atoms with Crippen molar-refractivity contribution in [3.8, 4) is 22.5 Å². The first kappa shape index (κ1) is 36.8. The molecule has 4 aromatic heterocycles. The van der Waals surface area contributed by atoms with Gasteiger partial charge in [-0.15, -0.1) is 54.1 Å². The zero-order valence-corrected chi connectivity index (χ0v) is 33.5. The van der Waals surface area contributed by atoms with Gasteiger partial charge in [-0.1, -0.05) is 101 Å². The first-order valence-electron chi connectivity index (χ1n) is 17.6. The molecular weight excluding hydrogens is 795 g/mol. The van der Waals surface area contributed by atoms with E-state index in [9.17, 15) is 0 Å². The van der Waals surface area contributed by atoms with Crippen molar-refractivity contribution in [3.63, 3.8) is 0 Å². The summed E-state index contributed by atoms with van der Waals surface area (Å²) in [4.78, 5) is 13.7. The molecule has 1 atom stereocenters. The minimum atomic E-state index is -1.37. The molecule has 0 amide bonds. The topological polar surface area (TPSA) is 51.8 Å². The number of hydrogen-bond acceptors (Lipinski definition) is 4. The second-order valence-electron chi connectivity index (χ2n) is 15.7. The maximum atomic E-state index is 6.07. The van der Waals surface area contributed by atoms with Crippen LogP contribution in [-0.2, 0) is 26.5 Å². The van der Waals surface area contributed by atoms with Gasteiger partial charge in [0.2, 0.25) is 5.71 Å². The Balaban J connectivity index is 0.000000194. The van der Waals surface area contributed by atoms with Crippen LogP contribution in [0.1, 0.15) is 76.8 Å². The van der Waals surface area contributed by atoms with E-state index >= 15 is 0 Å². The molecule has 49 heavy (non-hydrogen) atoms. The van der Waals surface area contributed by atoms with Gasteiger partial charge in [0.15, 0.2) is 0 Å². The molecule has 1 fully saturated rings. The number of furan rings is 1. The van der Waals surface area contributed by atoms with Crippen LogP contribution in [0.2, 0.25) is 19.6 Å². The van der Waals surface area contributed by atoms with Crippen LogP contribution in [0.4, 0.5) is 0 Å². The summed E-state index contributed by atoms with van der Waals surface area (Å²) in [6.07, 6.45) is 13.7. The van der Waals surface area contributed by atoms with E-state index in [0.717, 1.165) is 51.2 Å². The van der Waals surface area contributed by atoms with E-state index in [-0.39, 0.29) is 25.5 Å². The minimum absolute atomic E-state index is 0. The van der Waals surface area contributed by atoms with E-state index in [4.69, 9.17) is 9.40 Å². The molecule has 1 radical (unpaired) electrons. The second kappa shape index (κ2) is 15.6. The molecular formula is C43H49IrN3OSi-2. The van der Waals surface area contributed by atoms with Gasteiger partial charge < -0.3 is 14.4 Å². The summed E-state index contributed by atoms with van der Waals surface area (Å²) in [5.74, 6) is 1.34. The monoisotopic (exact) mass is 844 g/mol. The number of hydrogen-bond donors (Lipinski definition) is 0. The van der Waals surface area contributed by atoms with Crippen molar-refractivity contribution >= 4 is 35.3 Å². The van der Waals surface area contributed by atoms with Gasteiger partial charge in [0.25, 0.3) is 0 Å². The summed E-state index contributed by atoms with van der Waals surface area (Å²) in [5, 5.41) is 3.59. The van der Waals surface area contributed by atoms with Gasteiger partial charge in [-0.25, -0.2) is 4.98 Å². The maximum Gasteiger partial charge on any atom is 0.216 e. The number of fused-ring (bicyclic) bond motifs is 3. The Morgan fingerprint density at radius 2 is 1.63 bits per heavy atom. The van der Waals surface area contributed by atoms with Crippen LogP contribution >= 0.6 is 0 Å². The van der Waals surface area contributed by atoms with E-state index in [0.29, 0.717) is 11.6 Å². The first-order valence-corrected chi connectivity index (χ1v) is 21.1. The maximum absolute atomic E-state index is 6.07.